The van der Waals surface area contributed by atoms with Gasteiger partial charge >= 0.3 is 5.97 Å². The lowest BCUT2D eigenvalue weighted by atomic mass is 10.2. The van der Waals surface area contributed by atoms with Crippen molar-refractivity contribution in [2.45, 2.75) is 18.7 Å². The highest BCUT2D eigenvalue weighted by Crippen LogP contribution is 2.17. The molecule has 0 unspecified atom stereocenters. The molecule has 1 N–H and O–H groups in total. The van der Waals surface area contributed by atoms with E-state index in [9.17, 15) is 22.8 Å². The summed E-state index contributed by atoms with van der Waals surface area (Å²) in [5.41, 5.74) is 0.280. The van der Waals surface area contributed by atoms with Crippen LogP contribution < -0.4 is 5.32 Å². The van der Waals surface area contributed by atoms with Gasteiger partial charge in [0.2, 0.25) is 10.0 Å². The predicted octanol–water partition coefficient (Wildman–Crippen LogP) is 1.83. The molecule has 2 aromatic carbocycles. The molecular weight excluding hydrogens is 396 g/mol. The average molecular weight is 418 g/mol. The van der Waals surface area contributed by atoms with E-state index in [1.807, 2.05) is 0 Å². The number of esters is 1. The topological polar surface area (TPSA) is 110 Å². The third-order valence-corrected chi connectivity index (χ3v) is 6.08. The lowest BCUT2D eigenvalue weighted by Gasteiger charge is -2.18. The molecule has 2 aromatic rings. The molecule has 0 bridgehead atoms. The molecule has 9 heteroatoms. The van der Waals surface area contributed by atoms with Gasteiger partial charge in [-0.2, -0.15) is 4.31 Å². The minimum atomic E-state index is -3.73. The fourth-order valence-corrected chi connectivity index (χ4v) is 4.04. The van der Waals surface area contributed by atoms with Crippen molar-refractivity contribution in [3.05, 3.63) is 65.7 Å². The highest BCUT2D eigenvalue weighted by molar-refractivity contribution is 7.89. The Kier molecular flexibility index (Phi) is 7.63. The molecule has 0 atom stereocenters. The molecule has 2 amide bonds. The van der Waals surface area contributed by atoms with Gasteiger partial charge in [0, 0.05) is 18.7 Å². The summed E-state index contributed by atoms with van der Waals surface area (Å²) in [6.07, 6.45) is 0. The van der Waals surface area contributed by atoms with Crippen molar-refractivity contribution in [1.29, 1.82) is 0 Å². The first-order valence-electron chi connectivity index (χ1n) is 8.96. The van der Waals surface area contributed by atoms with E-state index in [1.165, 1.54) is 40.7 Å². The number of nitrogens with zero attached hydrogens (tertiary/aromatic N) is 1. The van der Waals surface area contributed by atoms with Crippen molar-refractivity contribution >= 4 is 27.8 Å². The van der Waals surface area contributed by atoms with Crippen molar-refractivity contribution in [2.24, 2.45) is 0 Å². The summed E-state index contributed by atoms with van der Waals surface area (Å²) in [4.78, 5) is 35.9. The van der Waals surface area contributed by atoms with Crippen molar-refractivity contribution in [3.8, 4) is 0 Å². The number of carbonyl (C=O) groups is 3. The van der Waals surface area contributed by atoms with E-state index < -0.39 is 34.4 Å². The SMILES string of the molecule is CCN(CC)S(=O)(=O)c1cccc(C(=O)OCC(=O)NC(=O)c2ccccc2)c1. The van der Waals surface area contributed by atoms with E-state index in [0.29, 0.717) is 18.7 Å². The summed E-state index contributed by atoms with van der Waals surface area (Å²) in [6, 6.07) is 13.5. The number of benzene rings is 2. The standard InChI is InChI=1S/C20H22N2O6S/c1-3-22(4-2)29(26,27)17-12-8-11-16(13-17)20(25)28-14-18(23)21-19(24)15-9-6-5-7-10-15/h5-13H,3-4,14H2,1-2H3,(H,21,23,24). The molecule has 8 nitrogen and oxygen atoms in total. The normalized spacial score (nSPS) is 11.1. The molecule has 0 saturated heterocycles. The number of hydrogen-bond acceptors (Lipinski definition) is 6. The number of carbonyl (C=O) groups excluding carboxylic acids is 3. The lowest BCUT2D eigenvalue weighted by Crippen LogP contribution is -2.34. The Morgan fingerprint density at radius 2 is 1.55 bits per heavy atom. The van der Waals surface area contributed by atoms with Crippen LogP contribution in [0.4, 0.5) is 0 Å². The van der Waals surface area contributed by atoms with Crippen LogP contribution in [-0.4, -0.2) is 50.2 Å². The summed E-state index contributed by atoms with van der Waals surface area (Å²) >= 11 is 0. The molecule has 2 rings (SSSR count). The number of nitrogens with one attached hydrogen (secondary N) is 1. The van der Waals surface area contributed by atoms with E-state index in [2.05, 4.69) is 5.32 Å². The van der Waals surface area contributed by atoms with Gasteiger partial charge in [0.05, 0.1) is 10.5 Å². The molecule has 0 heterocycles. The minimum absolute atomic E-state index is 0.0135. The van der Waals surface area contributed by atoms with E-state index in [4.69, 9.17) is 4.74 Å². The minimum Gasteiger partial charge on any atom is -0.452 e. The van der Waals surface area contributed by atoms with E-state index in [1.54, 1.807) is 32.0 Å². The predicted molar refractivity (Wildman–Crippen MR) is 106 cm³/mol. The van der Waals surface area contributed by atoms with Crippen LogP contribution in [0.15, 0.2) is 59.5 Å². The van der Waals surface area contributed by atoms with Gasteiger partial charge in [-0.1, -0.05) is 38.1 Å². The van der Waals surface area contributed by atoms with Gasteiger partial charge in [0.1, 0.15) is 0 Å². The molecule has 154 valence electrons. The van der Waals surface area contributed by atoms with Crippen molar-refractivity contribution in [1.82, 2.24) is 9.62 Å². The Morgan fingerprint density at radius 1 is 0.931 bits per heavy atom. The van der Waals surface area contributed by atoms with Crippen LogP contribution in [0.2, 0.25) is 0 Å². The average Bonchev–Trinajstić information content (AvgIpc) is 2.73. The Bertz CT molecular complexity index is 985. The Labute approximate surface area is 169 Å². The van der Waals surface area contributed by atoms with Crippen LogP contribution in [0.1, 0.15) is 34.6 Å². The molecule has 0 aliphatic carbocycles. The van der Waals surface area contributed by atoms with Gasteiger partial charge in [-0.05, 0) is 30.3 Å². The number of rotatable bonds is 8. The third kappa shape index (κ3) is 5.72. The zero-order valence-electron chi connectivity index (χ0n) is 16.1. The summed E-state index contributed by atoms with van der Waals surface area (Å²) in [7, 11) is -3.73. The van der Waals surface area contributed by atoms with Gasteiger partial charge in [-0.15, -0.1) is 0 Å². The van der Waals surface area contributed by atoms with Gasteiger partial charge in [0.25, 0.3) is 11.8 Å². The highest BCUT2D eigenvalue weighted by Gasteiger charge is 2.23. The van der Waals surface area contributed by atoms with E-state index >= 15 is 0 Å². The van der Waals surface area contributed by atoms with Crippen LogP contribution in [0.3, 0.4) is 0 Å². The first-order valence-corrected chi connectivity index (χ1v) is 10.4. The number of ether oxygens (including phenoxy) is 1. The van der Waals surface area contributed by atoms with Crippen molar-refractivity contribution < 1.29 is 27.5 Å². The monoisotopic (exact) mass is 418 g/mol. The highest BCUT2D eigenvalue weighted by atomic mass is 32.2. The van der Waals surface area contributed by atoms with Gasteiger partial charge in [-0.25, -0.2) is 13.2 Å². The molecular formula is C20H22N2O6S. The molecule has 0 aliphatic heterocycles. The van der Waals surface area contributed by atoms with Gasteiger partial charge < -0.3 is 4.74 Å². The van der Waals surface area contributed by atoms with E-state index in [0.717, 1.165) is 0 Å². The molecule has 0 saturated carbocycles. The fourth-order valence-electron chi connectivity index (χ4n) is 2.53. The smallest absolute Gasteiger partial charge is 0.338 e. The second-order valence-electron chi connectivity index (χ2n) is 5.94. The number of sulfonamides is 1. The van der Waals surface area contributed by atoms with Gasteiger partial charge in [0.15, 0.2) is 6.61 Å². The van der Waals surface area contributed by atoms with Crippen molar-refractivity contribution in [2.75, 3.05) is 19.7 Å². The largest absolute Gasteiger partial charge is 0.452 e. The molecule has 0 fully saturated rings. The number of imide groups is 1. The van der Waals surface area contributed by atoms with E-state index in [-0.39, 0.29) is 10.5 Å². The maximum absolute atomic E-state index is 12.6. The number of amides is 2. The summed E-state index contributed by atoms with van der Waals surface area (Å²) in [6.45, 7) is 3.35. The Morgan fingerprint density at radius 3 is 2.17 bits per heavy atom. The van der Waals surface area contributed by atoms with Crippen LogP contribution >= 0.6 is 0 Å². The molecule has 0 radical (unpaired) electrons. The summed E-state index contributed by atoms with van der Waals surface area (Å²) < 4.78 is 31.3. The van der Waals surface area contributed by atoms with Crippen LogP contribution in [0.5, 0.6) is 0 Å². The maximum Gasteiger partial charge on any atom is 0.338 e. The molecule has 0 spiro atoms. The molecule has 0 aliphatic rings. The second-order valence-corrected chi connectivity index (χ2v) is 7.87. The first kappa shape index (κ1) is 22.3. The Balaban J connectivity index is 2.01. The molecule has 29 heavy (non-hydrogen) atoms. The number of hydrogen-bond donors (Lipinski definition) is 1. The molecule has 0 aromatic heterocycles. The maximum atomic E-state index is 12.6. The summed E-state index contributed by atoms with van der Waals surface area (Å²) in [5.74, 6) is -2.28. The van der Waals surface area contributed by atoms with Crippen LogP contribution in [0, 0.1) is 0 Å². The second kappa shape index (κ2) is 9.94. The summed E-state index contributed by atoms with van der Waals surface area (Å²) in [5, 5.41) is 2.11. The Hall–Kier alpha value is -3.04. The van der Waals surface area contributed by atoms with Gasteiger partial charge in [-0.3, -0.25) is 14.9 Å². The zero-order valence-corrected chi connectivity index (χ0v) is 16.9. The quantitative estimate of drug-likeness (QED) is 0.655. The fraction of sp³-hybridized carbons (Fsp3) is 0.250. The lowest BCUT2D eigenvalue weighted by molar-refractivity contribution is -0.123. The van der Waals surface area contributed by atoms with Crippen LogP contribution in [-0.2, 0) is 19.6 Å². The third-order valence-electron chi connectivity index (χ3n) is 4.04. The zero-order chi connectivity index (χ0) is 21.4. The van der Waals surface area contributed by atoms with Crippen LogP contribution in [0.25, 0.3) is 0 Å². The van der Waals surface area contributed by atoms with Crippen molar-refractivity contribution in [3.63, 3.8) is 0 Å². The first-order chi connectivity index (χ1) is 13.8.